The summed E-state index contributed by atoms with van der Waals surface area (Å²) in [5.74, 6) is 0.672. The van der Waals surface area contributed by atoms with E-state index in [1.54, 1.807) is 16.9 Å². The van der Waals surface area contributed by atoms with Crippen LogP contribution in [0.1, 0.15) is 11.3 Å². The Kier molecular flexibility index (Phi) is 5.65. The predicted octanol–water partition coefficient (Wildman–Crippen LogP) is 3.46. The number of halogens is 1. The quantitative estimate of drug-likeness (QED) is 0.434. The van der Waals surface area contributed by atoms with E-state index in [1.807, 2.05) is 24.3 Å². The predicted molar refractivity (Wildman–Crippen MR) is 118 cm³/mol. The molecule has 0 spiro atoms. The number of hydrogen-bond acceptors (Lipinski definition) is 7. The van der Waals surface area contributed by atoms with Crippen LogP contribution in [-0.2, 0) is 23.1 Å². The Morgan fingerprint density at radius 3 is 2.80 bits per heavy atom. The molecule has 3 N–H and O–H groups in total. The maximum atomic E-state index is 12.8. The van der Waals surface area contributed by atoms with Crippen molar-refractivity contribution in [2.45, 2.75) is 17.3 Å². The van der Waals surface area contributed by atoms with Gasteiger partial charge in [-0.2, -0.15) is 5.10 Å². The van der Waals surface area contributed by atoms with Crippen molar-refractivity contribution < 1.29 is 13.2 Å². The SMILES string of the molecule is COc1cccc2c1c(NS(=O)(=O)c1ccc(Cl)s1)nn2Cc1cc(CN)ccn1. The lowest BCUT2D eigenvalue weighted by atomic mass is 10.2. The van der Waals surface area contributed by atoms with Crippen LogP contribution in [0.15, 0.2) is 52.9 Å². The minimum absolute atomic E-state index is 0.0995. The second kappa shape index (κ2) is 8.23. The van der Waals surface area contributed by atoms with Gasteiger partial charge in [-0.1, -0.05) is 17.7 Å². The molecular formula is C19H18ClN5O3S2. The molecule has 0 saturated heterocycles. The number of methoxy groups -OCH3 is 1. The average molecular weight is 464 g/mol. The summed E-state index contributed by atoms with van der Waals surface area (Å²) in [6.45, 7) is 0.738. The first kappa shape index (κ1) is 20.6. The van der Waals surface area contributed by atoms with E-state index in [9.17, 15) is 8.42 Å². The number of thiophene rings is 1. The number of benzene rings is 1. The molecule has 0 atom stereocenters. The molecule has 0 aliphatic rings. The molecule has 3 aromatic heterocycles. The van der Waals surface area contributed by atoms with Gasteiger partial charge in [0.25, 0.3) is 10.0 Å². The first-order valence-corrected chi connectivity index (χ1v) is 11.5. The lowest BCUT2D eigenvalue weighted by molar-refractivity contribution is 0.420. The summed E-state index contributed by atoms with van der Waals surface area (Å²) in [6, 6.07) is 12.1. The third-order valence-corrected chi connectivity index (χ3v) is 7.49. The van der Waals surface area contributed by atoms with Gasteiger partial charge in [-0.15, -0.1) is 11.3 Å². The highest BCUT2D eigenvalue weighted by Crippen LogP contribution is 2.34. The van der Waals surface area contributed by atoms with E-state index >= 15 is 0 Å². The first-order chi connectivity index (χ1) is 14.4. The maximum absolute atomic E-state index is 12.8. The number of nitrogens with one attached hydrogen (secondary N) is 1. The molecule has 4 aromatic rings. The van der Waals surface area contributed by atoms with Gasteiger partial charge >= 0.3 is 0 Å². The summed E-state index contributed by atoms with van der Waals surface area (Å²) in [5, 5.41) is 5.07. The molecule has 0 aliphatic carbocycles. The van der Waals surface area contributed by atoms with Crippen molar-refractivity contribution >= 4 is 49.7 Å². The van der Waals surface area contributed by atoms with Gasteiger partial charge in [0, 0.05) is 12.7 Å². The second-order valence-corrected chi connectivity index (χ2v) is 10.0. The van der Waals surface area contributed by atoms with Crippen molar-refractivity contribution in [1.82, 2.24) is 14.8 Å². The molecule has 0 bridgehead atoms. The Morgan fingerprint density at radius 2 is 2.10 bits per heavy atom. The van der Waals surface area contributed by atoms with Crippen LogP contribution in [0.25, 0.3) is 10.9 Å². The summed E-state index contributed by atoms with van der Waals surface area (Å²) in [5.41, 5.74) is 8.13. The van der Waals surface area contributed by atoms with Gasteiger partial charge in [-0.05, 0) is 42.0 Å². The van der Waals surface area contributed by atoms with E-state index in [1.165, 1.54) is 19.2 Å². The molecule has 0 radical (unpaired) electrons. The smallest absolute Gasteiger partial charge is 0.272 e. The molecule has 0 fully saturated rings. The van der Waals surface area contributed by atoms with Crippen LogP contribution in [0.5, 0.6) is 5.75 Å². The normalized spacial score (nSPS) is 11.7. The number of nitrogens with two attached hydrogens (primary N) is 1. The fraction of sp³-hybridized carbons (Fsp3) is 0.158. The van der Waals surface area contributed by atoms with Gasteiger partial charge in [-0.25, -0.2) is 8.42 Å². The molecule has 3 heterocycles. The summed E-state index contributed by atoms with van der Waals surface area (Å²) in [6.07, 6.45) is 1.69. The highest BCUT2D eigenvalue weighted by Gasteiger charge is 2.23. The number of ether oxygens (including phenoxy) is 1. The summed E-state index contributed by atoms with van der Waals surface area (Å²) < 4.78 is 35.9. The van der Waals surface area contributed by atoms with Crippen LogP contribution in [0.3, 0.4) is 0 Å². The van der Waals surface area contributed by atoms with E-state index in [0.29, 0.717) is 34.1 Å². The molecule has 0 amide bonds. The minimum Gasteiger partial charge on any atom is -0.496 e. The molecular weight excluding hydrogens is 446 g/mol. The van der Waals surface area contributed by atoms with Gasteiger partial charge in [0.15, 0.2) is 5.82 Å². The van der Waals surface area contributed by atoms with Gasteiger partial charge in [0.05, 0.1) is 34.6 Å². The van der Waals surface area contributed by atoms with Crippen LogP contribution in [-0.4, -0.2) is 30.3 Å². The van der Waals surface area contributed by atoms with Crippen LogP contribution >= 0.6 is 22.9 Å². The van der Waals surface area contributed by atoms with E-state index < -0.39 is 10.0 Å². The maximum Gasteiger partial charge on any atom is 0.272 e. The topological polar surface area (TPSA) is 112 Å². The second-order valence-electron chi connectivity index (χ2n) is 6.38. The Bertz CT molecular complexity index is 1320. The van der Waals surface area contributed by atoms with Crippen molar-refractivity contribution in [3.63, 3.8) is 0 Å². The number of nitrogens with zero attached hydrogens (tertiary/aromatic N) is 3. The molecule has 0 unspecified atom stereocenters. The van der Waals surface area contributed by atoms with Crippen LogP contribution in [0.4, 0.5) is 5.82 Å². The van der Waals surface area contributed by atoms with E-state index in [4.69, 9.17) is 22.1 Å². The molecule has 8 nitrogen and oxygen atoms in total. The van der Waals surface area contributed by atoms with Gasteiger partial charge in [-0.3, -0.25) is 14.4 Å². The summed E-state index contributed by atoms with van der Waals surface area (Å²) >= 11 is 6.87. The van der Waals surface area contributed by atoms with Gasteiger partial charge < -0.3 is 10.5 Å². The lowest BCUT2D eigenvalue weighted by Gasteiger charge is -2.06. The van der Waals surface area contributed by atoms with Gasteiger partial charge in [0.2, 0.25) is 0 Å². The average Bonchev–Trinajstić information content (AvgIpc) is 3.32. The van der Waals surface area contributed by atoms with Crippen LogP contribution in [0.2, 0.25) is 4.34 Å². The Labute approximate surface area is 182 Å². The molecule has 156 valence electrons. The monoisotopic (exact) mass is 463 g/mol. The fourth-order valence-electron chi connectivity index (χ4n) is 3.07. The van der Waals surface area contributed by atoms with Gasteiger partial charge in [0.1, 0.15) is 9.96 Å². The van der Waals surface area contributed by atoms with Crippen molar-refractivity contribution in [2.24, 2.45) is 5.73 Å². The molecule has 4 rings (SSSR count). The zero-order valence-electron chi connectivity index (χ0n) is 15.9. The molecule has 11 heteroatoms. The summed E-state index contributed by atoms with van der Waals surface area (Å²) in [4.78, 5) is 4.37. The third kappa shape index (κ3) is 3.99. The van der Waals surface area contributed by atoms with Crippen molar-refractivity contribution in [2.75, 3.05) is 11.8 Å². The molecule has 0 saturated carbocycles. The highest BCUT2D eigenvalue weighted by molar-refractivity contribution is 7.94. The van der Waals surface area contributed by atoms with Crippen molar-refractivity contribution in [3.05, 3.63) is 64.3 Å². The number of pyridine rings is 1. The minimum atomic E-state index is -3.86. The van der Waals surface area contributed by atoms with Crippen molar-refractivity contribution in [3.8, 4) is 5.75 Å². The number of hydrogen-bond donors (Lipinski definition) is 2. The third-order valence-electron chi connectivity index (χ3n) is 4.43. The first-order valence-electron chi connectivity index (χ1n) is 8.87. The van der Waals surface area contributed by atoms with E-state index in [2.05, 4.69) is 14.8 Å². The van der Waals surface area contributed by atoms with E-state index in [-0.39, 0.29) is 10.0 Å². The summed E-state index contributed by atoms with van der Waals surface area (Å²) in [7, 11) is -2.34. The number of sulfonamides is 1. The Hall–Kier alpha value is -2.66. The van der Waals surface area contributed by atoms with Crippen LogP contribution in [0, 0.1) is 0 Å². The fourth-order valence-corrected chi connectivity index (χ4v) is 5.57. The number of anilines is 1. The highest BCUT2D eigenvalue weighted by atomic mass is 35.5. The van der Waals surface area contributed by atoms with E-state index in [0.717, 1.165) is 22.6 Å². The number of rotatable bonds is 7. The lowest BCUT2D eigenvalue weighted by Crippen LogP contribution is -2.13. The molecule has 0 aliphatic heterocycles. The largest absolute Gasteiger partial charge is 0.496 e. The zero-order chi connectivity index (χ0) is 21.3. The zero-order valence-corrected chi connectivity index (χ0v) is 18.3. The number of fused-ring (bicyclic) bond motifs is 1. The van der Waals surface area contributed by atoms with Crippen LogP contribution < -0.4 is 15.2 Å². The molecule has 30 heavy (non-hydrogen) atoms. The molecule has 1 aromatic carbocycles. The van der Waals surface area contributed by atoms with Crippen molar-refractivity contribution in [1.29, 1.82) is 0 Å². The Balaban J connectivity index is 1.79. The number of aromatic nitrogens is 3. The standard InChI is InChI=1S/C19H18ClN5O3S2/c1-28-15-4-2-3-14-18(15)19(24-30(26,27)17-6-5-16(20)29-17)23-25(14)11-13-9-12(10-21)7-8-22-13/h2-9H,10-11,21H2,1H3,(H,23,24). The Morgan fingerprint density at radius 1 is 1.27 bits per heavy atom.